The molecule has 3 rings (SSSR count). The van der Waals surface area contributed by atoms with Gasteiger partial charge in [-0.25, -0.2) is 0 Å². The van der Waals surface area contributed by atoms with Gasteiger partial charge in [0.15, 0.2) is 11.5 Å². The van der Waals surface area contributed by atoms with Gasteiger partial charge in [-0.3, -0.25) is 4.79 Å². The van der Waals surface area contributed by atoms with Gasteiger partial charge in [-0.15, -0.1) is 0 Å². The highest BCUT2D eigenvalue weighted by molar-refractivity contribution is 5.79. The lowest BCUT2D eigenvalue weighted by Crippen LogP contribution is -2.43. The van der Waals surface area contributed by atoms with Crippen LogP contribution < -0.4 is 15.2 Å². The zero-order valence-corrected chi connectivity index (χ0v) is 11.7. The summed E-state index contributed by atoms with van der Waals surface area (Å²) >= 11 is 0. The second-order valence-electron chi connectivity index (χ2n) is 5.55. The average Bonchev–Trinajstić information content (AvgIpc) is 2.91. The average molecular weight is 276 g/mol. The lowest BCUT2D eigenvalue weighted by Gasteiger charge is -2.32. The van der Waals surface area contributed by atoms with Crippen molar-refractivity contribution in [3.05, 3.63) is 23.8 Å². The first-order valence-corrected chi connectivity index (χ1v) is 7.09. The summed E-state index contributed by atoms with van der Waals surface area (Å²) in [6, 6.07) is 5.53. The largest absolute Gasteiger partial charge is 0.454 e. The maximum absolute atomic E-state index is 12.1. The molecule has 2 atom stereocenters. The van der Waals surface area contributed by atoms with Crippen LogP contribution in [0.4, 0.5) is 0 Å². The summed E-state index contributed by atoms with van der Waals surface area (Å²) in [5.74, 6) is 1.82. The highest BCUT2D eigenvalue weighted by atomic mass is 16.7. The predicted molar refractivity (Wildman–Crippen MR) is 74.5 cm³/mol. The minimum Gasteiger partial charge on any atom is -0.454 e. The van der Waals surface area contributed by atoms with Crippen LogP contribution in [0.2, 0.25) is 0 Å². The number of benzene rings is 1. The van der Waals surface area contributed by atoms with E-state index in [4.69, 9.17) is 15.2 Å². The molecule has 0 aromatic heterocycles. The molecule has 0 spiro atoms. The van der Waals surface area contributed by atoms with Crippen LogP contribution in [0.25, 0.3) is 0 Å². The van der Waals surface area contributed by atoms with Crippen molar-refractivity contribution in [2.75, 3.05) is 19.9 Å². The molecule has 5 nitrogen and oxygen atoms in total. The Hall–Kier alpha value is -1.75. The Balaban J connectivity index is 1.69. The van der Waals surface area contributed by atoms with Crippen LogP contribution in [0.15, 0.2) is 18.2 Å². The molecule has 2 unspecified atom stereocenters. The third-order valence-electron chi connectivity index (χ3n) is 4.04. The lowest BCUT2D eigenvalue weighted by atomic mass is 9.98. The van der Waals surface area contributed by atoms with Crippen molar-refractivity contribution in [2.24, 2.45) is 11.7 Å². The Kier molecular flexibility index (Phi) is 3.53. The van der Waals surface area contributed by atoms with Gasteiger partial charge in [0.05, 0.1) is 0 Å². The number of nitrogens with zero attached hydrogens (tertiary/aromatic N) is 1. The lowest BCUT2D eigenvalue weighted by molar-refractivity contribution is -0.138. The van der Waals surface area contributed by atoms with Crippen molar-refractivity contribution in [1.29, 1.82) is 0 Å². The van der Waals surface area contributed by atoms with Crippen molar-refractivity contribution in [1.82, 2.24) is 4.90 Å². The molecule has 2 N–H and O–H groups in total. The summed E-state index contributed by atoms with van der Waals surface area (Å²) in [7, 11) is 0. The third-order valence-corrected chi connectivity index (χ3v) is 4.04. The summed E-state index contributed by atoms with van der Waals surface area (Å²) < 4.78 is 10.6. The molecule has 0 aliphatic carbocycles. The molecular weight excluding hydrogens is 256 g/mol. The smallest absolute Gasteiger partial charge is 0.231 e. The van der Waals surface area contributed by atoms with E-state index in [0.29, 0.717) is 6.54 Å². The van der Waals surface area contributed by atoms with E-state index in [0.717, 1.165) is 36.4 Å². The van der Waals surface area contributed by atoms with Crippen LogP contribution in [-0.2, 0) is 4.79 Å². The number of nitrogens with two attached hydrogens (primary N) is 1. The molecule has 1 saturated heterocycles. The first kappa shape index (κ1) is 13.2. The van der Waals surface area contributed by atoms with Crippen molar-refractivity contribution in [3.63, 3.8) is 0 Å². The highest BCUT2D eigenvalue weighted by Gasteiger charge is 2.27. The fourth-order valence-corrected chi connectivity index (χ4v) is 2.80. The molecule has 0 bridgehead atoms. The van der Waals surface area contributed by atoms with Gasteiger partial charge in [0.25, 0.3) is 0 Å². The normalized spacial score (nSPS) is 23.0. The number of hydrogen-bond donors (Lipinski definition) is 1. The third kappa shape index (κ3) is 2.45. The number of ether oxygens (including phenoxy) is 2. The SMILES string of the molecule is CC1CCCN(CC(N)c2ccc3c(c2)OCO3)C1=O. The van der Waals surface area contributed by atoms with E-state index < -0.39 is 0 Å². The molecule has 0 radical (unpaired) electrons. The van der Waals surface area contributed by atoms with Crippen molar-refractivity contribution in [3.8, 4) is 11.5 Å². The van der Waals surface area contributed by atoms with E-state index in [1.54, 1.807) is 0 Å². The van der Waals surface area contributed by atoms with E-state index in [1.807, 2.05) is 30.0 Å². The molecule has 1 aromatic carbocycles. The van der Waals surface area contributed by atoms with Gasteiger partial charge in [-0.05, 0) is 30.5 Å². The Morgan fingerprint density at radius 1 is 1.40 bits per heavy atom. The Bertz CT molecular complexity index is 518. The summed E-state index contributed by atoms with van der Waals surface area (Å²) in [5, 5.41) is 0. The van der Waals surface area contributed by atoms with Crippen molar-refractivity contribution >= 4 is 5.91 Å². The maximum atomic E-state index is 12.1. The van der Waals surface area contributed by atoms with Crippen molar-refractivity contribution < 1.29 is 14.3 Å². The fraction of sp³-hybridized carbons (Fsp3) is 0.533. The molecule has 0 saturated carbocycles. The monoisotopic (exact) mass is 276 g/mol. The van der Waals surface area contributed by atoms with E-state index in [2.05, 4.69) is 0 Å². The van der Waals surface area contributed by atoms with E-state index >= 15 is 0 Å². The summed E-state index contributed by atoms with van der Waals surface area (Å²) in [6.07, 6.45) is 2.04. The van der Waals surface area contributed by atoms with Gasteiger partial charge in [0.1, 0.15) is 0 Å². The molecule has 108 valence electrons. The second-order valence-corrected chi connectivity index (χ2v) is 5.55. The number of hydrogen-bond acceptors (Lipinski definition) is 4. The van der Waals surface area contributed by atoms with Crippen LogP contribution in [-0.4, -0.2) is 30.7 Å². The zero-order chi connectivity index (χ0) is 14.1. The first-order chi connectivity index (χ1) is 9.65. The molecule has 2 aliphatic heterocycles. The molecule has 1 fully saturated rings. The fourth-order valence-electron chi connectivity index (χ4n) is 2.80. The predicted octanol–water partition coefficient (Wildman–Crippen LogP) is 1.67. The highest BCUT2D eigenvalue weighted by Crippen LogP contribution is 2.34. The topological polar surface area (TPSA) is 64.8 Å². The van der Waals surface area contributed by atoms with Gasteiger partial charge >= 0.3 is 0 Å². The number of amides is 1. The molecule has 1 aromatic rings. The van der Waals surface area contributed by atoms with E-state index in [1.165, 1.54) is 0 Å². The van der Waals surface area contributed by atoms with Crippen LogP contribution in [0.5, 0.6) is 11.5 Å². The number of likely N-dealkylation sites (tertiary alicyclic amines) is 1. The van der Waals surface area contributed by atoms with Gasteiger partial charge < -0.3 is 20.1 Å². The maximum Gasteiger partial charge on any atom is 0.231 e. The Labute approximate surface area is 118 Å². The van der Waals surface area contributed by atoms with E-state index in [9.17, 15) is 4.79 Å². The van der Waals surface area contributed by atoms with Gasteiger partial charge in [-0.1, -0.05) is 13.0 Å². The molecule has 1 amide bonds. The molecule has 20 heavy (non-hydrogen) atoms. The van der Waals surface area contributed by atoms with Crippen LogP contribution in [0, 0.1) is 5.92 Å². The first-order valence-electron chi connectivity index (χ1n) is 7.09. The van der Waals surface area contributed by atoms with Gasteiger partial charge in [0, 0.05) is 25.0 Å². The number of rotatable bonds is 3. The molecular formula is C15H20N2O3. The van der Waals surface area contributed by atoms with Crippen LogP contribution in [0.3, 0.4) is 0 Å². The van der Waals surface area contributed by atoms with Crippen molar-refractivity contribution in [2.45, 2.75) is 25.8 Å². The van der Waals surface area contributed by atoms with Crippen LogP contribution in [0.1, 0.15) is 31.4 Å². The Morgan fingerprint density at radius 2 is 2.20 bits per heavy atom. The van der Waals surface area contributed by atoms with Gasteiger partial charge in [0.2, 0.25) is 12.7 Å². The molecule has 5 heteroatoms. The van der Waals surface area contributed by atoms with E-state index in [-0.39, 0.29) is 24.7 Å². The quantitative estimate of drug-likeness (QED) is 0.912. The van der Waals surface area contributed by atoms with Gasteiger partial charge in [-0.2, -0.15) is 0 Å². The summed E-state index contributed by atoms with van der Waals surface area (Å²) in [4.78, 5) is 14.0. The number of fused-ring (bicyclic) bond motifs is 1. The minimum atomic E-state index is -0.196. The second kappa shape index (κ2) is 5.32. The summed E-state index contributed by atoms with van der Waals surface area (Å²) in [6.45, 7) is 3.61. The zero-order valence-electron chi connectivity index (χ0n) is 11.7. The summed E-state index contributed by atoms with van der Waals surface area (Å²) in [5.41, 5.74) is 7.21. The molecule has 2 aliphatic rings. The number of carbonyl (C=O) groups is 1. The Morgan fingerprint density at radius 3 is 3.05 bits per heavy atom. The number of carbonyl (C=O) groups excluding carboxylic acids is 1. The number of piperidine rings is 1. The standard InChI is InChI=1S/C15H20N2O3/c1-10-3-2-6-17(15(10)18)8-12(16)11-4-5-13-14(7-11)20-9-19-13/h4-5,7,10,12H,2-3,6,8-9,16H2,1H3. The molecule has 2 heterocycles. The minimum absolute atomic E-state index is 0.118. The van der Waals surface area contributed by atoms with Crippen LogP contribution >= 0.6 is 0 Å².